The summed E-state index contributed by atoms with van der Waals surface area (Å²) in [5.74, 6) is 11.1. The second kappa shape index (κ2) is 6.40. The third-order valence-corrected chi connectivity index (χ3v) is 2.83. The summed E-state index contributed by atoms with van der Waals surface area (Å²) < 4.78 is 5.76. The molecule has 0 bridgehead atoms. The maximum Gasteiger partial charge on any atom is 0.322 e. The van der Waals surface area contributed by atoms with Gasteiger partial charge in [0.25, 0.3) is 0 Å². The van der Waals surface area contributed by atoms with Crippen LogP contribution in [0.1, 0.15) is 19.8 Å². The molecule has 0 aromatic carbocycles. The van der Waals surface area contributed by atoms with E-state index in [2.05, 4.69) is 39.6 Å². The summed E-state index contributed by atoms with van der Waals surface area (Å²) >= 11 is 3.41. The SMILES string of the molecule is COC(=O)C1C#CC/C=C(/Br)CC#CC1C. The number of allylic oxidation sites excluding steroid dienone is 2. The van der Waals surface area contributed by atoms with Gasteiger partial charge >= 0.3 is 5.97 Å². The lowest BCUT2D eigenvalue weighted by Crippen LogP contribution is -2.21. The van der Waals surface area contributed by atoms with Crippen molar-refractivity contribution in [2.24, 2.45) is 11.8 Å². The summed E-state index contributed by atoms with van der Waals surface area (Å²) in [5.41, 5.74) is 0. The van der Waals surface area contributed by atoms with Crippen molar-refractivity contribution in [2.75, 3.05) is 7.11 Å². The molecule has 0 N–H and O–H groups in total. The van der Waals surface area contributed by atoms with Crippen LogP contribution in [0.4, 0.5) is 0 Å². The molecule has 0 amide bonds. The highest BCUT2D eigenvalue weighted by Crippen LogP contribution is 2.15. The first-order chi connectivity index (χ1) is 7.65. The Morgan fingerprint density at radius 3 is 2.94 bits per heavy atom. The van der Waals surface area contributed by atoms with Gasteiger partial charge in [-0.3, -0.25) is 4.79 Å². The minimum atomic E-state index is -0.442. The maximum atomic E-state index is 11.5. The van der Waals surface area contributed by atoms with Gasteiger partial charge in [-0.15, -0.1) is 0 Å². The Balaban J connectivity index is 2.93. The molecule has 0 aromatic heterocycles. The Labute approximate surface area is 105 Å². The van der Waals surface area contributed by atoms with Crippen LogP contribution in [-0.4, -0.2) is 13.1 Å². The molecule has 1 aliphatic carbocycles. The number of halogens is 1. The highest BCUT2D eigenvalue weighted by Gasteiger charge is 2.22. The van der Waals surface area contributed by atoms with Crippen molar-refractivity contribution in [1.29, 1.82) is 0 Å². The summed E-state index contributed by atoms with van der Waals surface area (Å²) in [5, 5.41) is 0. The van der Waals surface area contributed by atoms with Gasteiger partial charge in [-0.05, 0) is 6.92 Å². The van der Waals surface area contributed by atoms with Gasteiger partial charge in [0.1, 0.15) is 5.92 Å². The highest BCUT2D eigenvalue weighted by atomic mass is 79.9. The van der Waals surface area contributed by atoms with Crippen LogP contribution in [0.15, 0.2) is 10.6 Å². The number of methoxy groups -OCH3 is 1. The number of carbonyl (C=O) groups is 1. The molecule has 0 heterocycles. The first-order valence-electron chi connectivity index (χ1n) is 5.04. The van der Waals surface area contributed by atoms with Crippen LogP contribution in [0, 0.1) is 35.5 Å². The van der Waals surface area contributed by atoms with Crippen molar-refractivity contribution in [2.45, 2.75) is 19.8 Å². The Kier molecular flexibility index (Phi) is 5.15. The molecule has 1 aliphatic rings. The summed E-state index contributed by atoms with van der Waals surface area (Å²) in [6.45, 7) is 1.89. The van der Waals surface area contributed by atoms with E-state index in [0.717, 1.165) is 4.48 Å². The predicted molar refractivity (Wildman–Crippen MR) is 66.5 cm³/mol. The largest absolute Gasteiger partial charge is 0.468 e. The van der Waals surface area contributed by atoms with Crippen LogP contribution in [0.5, 0.6) is 0 Å². The van der Waals surface area contributed by atoms with E-state index in [1.54, 1.807) is 0 Å². The highest BCUT2D eigenvalue weighted by molar-refractivity contribution is 9.11. The molecule has 0 aliphatic heterocycles. The van der Waals surface area contributed by atoms with E-state index < -0.39 is 5.92 Å². The summed E-state index contributed by atoms with van der Waals surface area (Å²) in [6, 6.07) is 0. The molecule has 0 saturated heterocycles. The van der Waals surface area contributed by atoms with Gasteiger partial charge in [0.2, 0.25) is 0 Å². The minimum absolute atomic E-state index is 0.0988. The fourth-order valence-electron chi connectivity index (χ4n) is 1.30. The van der Waals surface area contributed by atoms with Crippen molar-refractivity contribution in [3.05, 3.63) is 10.6 Å². The van der Waals surface area contributed by atoms with Gasteiger partial charge in [0.05, 0.1) is 7.11 Å². The Hall–Kier alpha value is -1.19. The zero-order valence-corrected chi connectivity index (χ0v) is 10.9. The fourth-order valence-corrected chi connectivity index (χ4v) is 1.60. The van der Waals surface area contributed by atoms with Gasteiger partial charge in [0, 0.05) is 23.2 Å². The molecule has 84 valence electrons. The van der Waals surface area contributed by atoms with Crippen molar-refractivity contribution in [3.63, 3.8) is 0 Å². The number of rotatable bonds is 1. The lowest BCUT2D eigenvalue weighted by atomic mass is 9.94. The maximum absolute atomic E-state index is 11.5. The Morgan fingerprint density at radius 2 is 2.25 bits per heavy atom. The van der Waals surface area contributed by atoms with Crippen LogP contribution in [0.3, 0.4) is 0 Å². The standard InChI is InChI=1S/C13H13BrO2/c1-10-6-5-8-11(14)7-3-4-9-12(10)13(15)16-2/h7,10,12H,3,8H2,1-2H3/b11-7+. The van der Waals surface area contributed by atoms with E-state index in [1.165, 1.54) is 7.11 Å². The molecule has 1 rings (SSSR count). The van der Waals surface area contributed by atoms with E-state index in [0.29, 0.717) is 12.8 Å². The van der Waals surface area contributed by atoms with Crippen LogP contribution >= 0.6 is 15.9 Å². The lowest BCUT2D eigenvalue weighted by Gasteiger charge is -2.11. The molecule has 0 saturated carbocycles. The predicted octanol–water partition coefficient (Wildman–Crippen LogP) is 2.49. The van der Waals surface area contributed by atoms with Crippen molar-refractivity contribution < 1.29 is 9.53 Å². The van der Waals surface area contributed by atoms with E-state index in [9.17, 15) is 4.79 Å². The first kappa shape index (κ1) is 12.9. The number of ether oxygens (including phenoxy) is 1. The van der Waals surface area contributed by atoms with Gasteiger partial charge in [0.15, 0.2) is 0 Å². The molecular weight excluding hydrogens is 268 g/mol. The van der Waals surface area contributed by atoms with Crippen LogP contribution in [0.25, 0.3) is 0 Å². The first-order valence-corrected chi connectivity index (χ1v) is 5.83. The molecule has 16 heavy (non-hydrogen) atoms. The van der Waals surface area contributed by atoms with Crippen molar-refractivity contribution in [1.82, 2.24) is 0 Å². The zero-order chi connectivity index (χ0) is 12.0. The van der Waals surface area contributed by atoms with Crippen LogP contribution in [-0.2, 0) is 9.53 Å². The average molecular weight is 281 g/mol. The van der Waals surface area contributed by atoms with Crippen LogP contribution < -0.4 is 0 Å². The molecule has 2 unspecified atom stereocenters. The van der Waals surface area contributed by atoms with Gasteiger partial charge in [-0.25, -0.2) is 0 Å². The average Bonchev–Trinajstić information content (AvgIpc) is 2.27. The third kappa shape index (κ3) is 3.76. The Bertz CT molecular complexity index is 415. The van der Waals surface area contributed by atoms with E-state index in [-0.39, 0.29) is 11.9 Å². The second-order valence-electron chi connectivity index (χ2n) is 3.46. The normalized spacial score (nSPS) is 27.3. The summed E-state index contributed by atoms with van der Waals surface area (Å²) in [4.78, 5) is 11.5. The molecule has 0 radical (unpaired) electrons. The molecule has 2 atom stereocenters. The number of carbonyl (C=O) groups excluding carboxylic acids is 1. The third-order valence-electron chi connectivity index (χ3n) is 2.23. The summed E-state index contributed by atoms with van der Waals surface area (Å²) in [7, 11) is 1.37. The topological polar surface area (TPSA) is 26.3 Å². The van der Waals surface area contributed by atoms with Gasteiger partial charge in [-0.2, -0.15) is 0 Å². The van der Waals surface area contributed by atoms with E-state index in [4.69, 9.17) is 4.74 Å². The smallest absolute Gasteiger partial charge is 0.322 e. The quantitative estimate of drug-likeness (QED) is 0.545. The number of hydrogen-bond donors (Lipinski definition) is 0. The number of esters is 1. The zero-order valence-electron chi connectivity index (χ0n) is 9.34. The monoisotopic (exact) mass is 280 g/mol. The number of hydrogen-bond acceptors (Lipinski definition) is 2. The van der Waals surface area contributed by atoms with Gasteiger partial charge in [-0.1, -0.05) is 45.7 Å². The van der Waals surface area contributed by atoms with Crippen molar-refractivity contribution >= 4 is 21.9 Å². The molecule has 0 spiro atoms. The molecule has 0 fully saturated rings. The molecule has 3 heteroatoms. The molecule has 0 aromatic rings. The van der Waals surface area contributed by atoms with Crippen molar-refractivity contribution in [3.8, 4) is 23.7 Å². The fraction of sp³-hybridized carbons (Fsp3) is 0.462. The summed E-state index contributed by atoms with van der Waals surface area (Å²) in [6.07, 6.45) is 3.26. The lowest BCUT2D eigenvalue weighted by molar-refractivity contribution is -0.144. The molecule has 2 nitrogen and oxygen atoms in total. The second-order valence-corrected chi connectivity index (χ2v) is 4.48. The Morgan fingerprint density at radius 1 is 1.50 bits per heavy atom. The van der Waals surface area contributed by atoms with Gasteiger partial charge < -0.3 is 4.74 Å². The minimum Gasteiger partial charge on any atom is -0.468 e. The van der Waals surface area contributed by atoms with E-state index >= 15 is 0 Å². The van der Waals surface area contributed by atoms with E-state index in [1.807, 2.05) is 13.0 Å². The molecular formula is C13H13BrO2. The van der Waals surface area contributed by atoms with Crippen LogP contribution in [0.2, 0.25) is 0 Å².